The summed E-state index contributed by atoms with van der Waals surface area (Å²) in [5, 5.41) is 13.3. The molecule has 3 aromatic heterocycles. The Balaban J connectivity index is 1.50. The van der Waals surface area contributed by atoms with Gasteiger partial charge >= 0.3 is 5.97 Å². The van der Waals surface area contributed by atoms with E-state index in [0.29, 0.717) is 52.9 Å². The lowest BCUT2D eigenvalue weighted by Gasteiger charge is -2.14. The van der Waals surface area contributed by atoms with Crippen LogP contribution in [0.3, 0.4) is 0 Å². The molecule has 0 radical (unpaired) electrons. The Kier molecular flexibility index (Phi) is 7.52. The number of carboxylic acids is 1. The Hall–Kier alpha value is -4.71. The van der Waals surface area contributed by atoms with Crippen LogP contribution in [-0.4, -0.2) is 34.2 Å². The van der Waals surface area contributed by atoms with E-state index in [1.54, 1.807) is 30.3 Å². The van der Waals surface area contributed by atoms with Gasteiger partial charge in [-0.25, -0.2) is 22.8 Å². The smallest absolute Gasteiger partial charge is 0.303 e. The third-order valence-corrected chi connectivity index (χ3v) is 7.86. The molecule has 2 N–H and O–H groups in total. The van der Waals surface area contributed by atoms with E-state index in [2.05, 4.69) is 10.1 Å². The number of H-pyrrole nitrogens is 1. The standard InChI is InChI=1S/C28H23FN4O6S/c29-19-9-11-20(12-10-19)33-25(5-1-2-7-27(34)35)31-24-15-18(8-13-22(24)28(33)36)23-16-21(39-32-23)17-40(37,38)26-6-3-4-14-30-26/h3-4,6,8-16H,1-2,5,7,17H2,(H,34,35)/p+1. The number of fused-ring (bicyclic) bond motifs is 1. The first-order valence-electron chi connectivity index (χ1n) is 12.4. The summed E-state index contributed by atoms with van der Waals surface area (Å²) >= 11 is 0. The minimum absolute atomic E-state index is 0.00890. The molecule has 10 nitrogen and oxygen atoms in total. The maximum absolute atomic E-state index is 13.6. The highest BCUT2D eigenvalue weighted by molar-refractivity contribution is 7.90. The van der Waals surface area contributed by atoms with E-state index in [-0.39, 0.29) is 22.8 Å². The van der Waals surface area contributed by atoms with Crippen molar-refractivity contribution in [3.05, 3.63) is 101 Å². The fraction of sp³-hybridized carbons (Fsp3) is 0.179. The molecule has 0 aliphatic rings. The maximum atomic E-state index is 13.6. The first kappa shape index (κ1) is 26.9. The van der Waals surface area contributed by atoms with Gasteiger partial charge in [0.1, 0.15) is 23.1 Å². The number of rotatable bonds is 10. The number of carbonyl (C=O) groups is 1. The summed E-state index contributed by atoms with van der Waals surface area (Å²) in [6.45, 7) is 0. The van der Waals surface area contributed by atoms with Gasteiger partial charge in [0.05, 0.1) is 16.6 Å². The Morgan fingerprint density at radius 2 is 1.85 bits per heavy atom. The quantitative estimate of drug-likeness (QED) is 0.253. The monoisotopic (exact) mass is 563 g/mol. The van der Waals surface area contributed by atoms with Crippen LogP contribution in [0.15, 0.2) is 87.3 Å². The number of aromatic amines is 1. The Bertz CT molecular complexity index is 1850. The summed E-state index contributed by atoms with van der Waals surface area (Å²) in [5.41, 5.74) is 1.40. The van der Waals surface area contributed by atoms with E-state index >= 15 is 0 Å². The number of benzene rings is 2. The number of hydrogen-bond donors (Lipinski definition) is 1. The Morgan fingerprint density at radius 3 is 2.58 bits per heavy atom. The summed E-state index contributed by atoms with van der Waals surface area (Å²) in [6.07, 6.45) is 2.71. The van der Waals surface area contributed by atoms with Crippen LogP contribution in [0.4, 0.5) is 4.39 Å². The average Bonchev–Trinajstić information content (AvgIpc) is 3.40. The molecule has 0 amide bonds. The van der Waals surface area contributed by atoms with Crippen molar-refractivity contribution < 1.29 is 32.2 Å². The molecule has 0 aliphatic carbocycles. The summed E-state index contributed by atoms with van der Waals surface area (Å²) in [7, 11) is -3.68. The highest BCUT2D eigenvalue weighted by Gasteiger charge is 2.24. The van der Waals surface area contributed by atoms with E-state index in [1.807, 2.05) is 0 Å². The van der Waals surface area contributed by atoms with Gasteiger partial charge in [-0.1, -0.05) is 11.2 Å². The van der Waals surface area contributed by atoms with Gasteiger partial charge in [0.25, 0.3) is 10.6 Å². The van der Waals surface area contributed by atoms with Crippen molar-refractivity contribution in [1.82, 2.24) is 14.7 Å². The summed E-state index contributed by atoms with van der Waals surface area (Å²) < 4.78 is 45.6. The highest BCUT2D eigenvalue weighted by atomic mass is 32.2. The number of nitrogens with zero attached hydrogens (tertiary/aromatic N) is 3. The fourth-order valence-corrected chi connectivity index (χ4v) is 5.53. The van der Waals surface area contributed by atoms with E-state index < -0.39 is 27.4 Å². The van der Waals surface area contributed by atoms with Crippen LogP contribution in [0.2, 0.25) is 0 Å². The summed E-state index contributed by atoms with van der Waals surface area (Å²) in [6, 6.07) is 16.7. The fourth-order valence-electron chi connectivity index (χ4n) is 4.33. The molecule has 0 aliphatic heterocycles. The second kappa shape index (κ2) is 11.2. The number of pyridine rings is 1. The van der Waals surface area contributed by atoms with Crippen LogP contribution in [0, 0.1) is 5.82 Å². The van der Waals surface area contributed by atoms with E-state index in [0.717, 1.165) is 0 Å². The van der Waals surface area contributed by atoms with Gasteiger partial charge in [-0.2, -0.15) is 0 Å². The molecule has 2 aromatic carbocycles. The molecule has 5 aromatic rings. The first-order chi connectivity index (χ1) is 19.2. The Morgan fingerprint density at radius 1 is 1.05 bits per heavy atom. The van der Waals surface area contributed by atoms with Gasteiger partial charge in [0.2, 0.25) is 9.84 Å². The zero-order valence-electron chi connectivity index (χ0n) is 21.1. The van der Waals surface area contributed by atoms with Gasteiger partial charge in [-0.3, -0.25) is 14.2 Å². The van der Waals surface area contributed by atoms with Gasteiger partial charge in [-0.05, 0) is 55.3 Å². The number of aromatic nitrogens is 4. The number of nitrogens with one attached hydrogen (secondary N) is 1. The second-order valence-electron chi connectivity index (χ2n) is 9.14. The number of hydrogen-bond acceptors (Lipinski definition) is 7. The van der Waals surface area contributed by atoms with Crippen LogP contribution in [-0.2, 0) is 26.8 Å². The minimum Gasteiger partial charge on any atom is -0.481 e. The maximum Gasteiger partial charge on any atom is 0.303 e. The molecule has 0 unspecified atom stereocenters. The molecule has 40 heavy (non-hydrogen) atoms. The molecule has 0 saturated heterocycles. The third kappa shape index (κ3) is 5.81. The summed E-state index contributed by atoms with van der Waals surface area (Å²) in [5.74, 6) is -1.20. The molecule has 0 atom stereocenters. The molecular weight excluding hydrogens is 539 g/mol. The molecule has 0 bridgehead atoms. The van der Waals surface area contributed by atoms with Crippen molar-refractivity contribution in [2.24, 2.45) is 0 Å². The zero-order valence-corrected chi connectivity index (χ0v) is 21.9. The number of aliphatic carboxylic acids is 1. The van der Waals surface area contributed by atoms with E-state index in [1.165, 1.54) is 47.2 Å². The van der Waals surface area contributed by atoms with Crippen LogP contribution in [0.25, 0.3) is 27.8 Å². The molecule has 204 valence electrons. The molecular formula is C28H24FN4O6S+. The lowest BCUT2D eigenvalue weighted by atomic mass is 10.1. The van der Waals surface area contributed by atoms with Crippen molar-refractivity contribution >= 4 is 26.7 Å². The van der Waals surface area contributed by atoms with Gasteiger partial charge in [-0.15, -0.1) is 0 Å². The largest absolute Gasteiger partial charge is 0.481 e. The summed E-state index contributed by atoms with van der Waals surface area (Å²) in [4.78, 5) is 31.9. The van der Waals surface area contributed by atoms with Crippen molar-refractivity contribution in [1.29, 1.82) is 0 Å². The normalized spacial score (nSPS) is 11.6. The van der Waals surface area contributed by atoms with Crippen molar-refractivity contribution in [3.8, 4) is 16.9 Å². The minimum atomic E-state index is -3.68. The average molecular weight is 564 g/mol. The lowest BCUT2D eigenvalue weighted by Crippen LogP contribution is -2.24. The number of halogens is 1. The number of aryl methyl sites for hydroxylation is 1. The second-order valence-corrected chi connectivity index (χ2v) is 11.1. The van der Waals surface area contributed by atoms with Crippen LogP contribution in [0.5, 0.6) is 0 Å². The molecule has 5 rings (SSSR count). The highest BCUT2D eigenvalue weighted by Crippen LogP contribution is 2.25. The van der Waals surface area contributed by atoms with Gasteiger partial charge < -0.3 is 9.63 Å². The topological polar surface area (TPSA) is 146 Å². The van der Waals surface area contributed by atoms with Crippen molar-refractivity contribution in [2.45, 2.75) is 36.5 Å². The molecule has 0 fully saturated rings. The van der Waals surface area contributed by atoms with Crippen LogP contribution >= 0.6 is 0 Å². The SMILES string of the molecule is O=C(O)CCCCc1nc2cc(-c3cc(CS(=O)(=O)c4cccc[nH+]4)on3)ccc2c(=O)n1-c1ccc(F)cc1. The number of carboxylic acid groups (broad SMARTS) is 1. The van der Waals surface area contributed by atoms with Crippen LogP contribution in [0.1, 0.15) is 30.8 Å². The number of unbranched alkanes of at least 4 members (excludes halogenated alkanes) is 1. The molecule has 0 saturated carbocycles. The van der Waals surface area contributed by atoms with Crippen molar-refractivity contribution in [2.75, 3.05) is 0 Å². The molecule has 0 spiro atoms. The molecule has 12 heteroatoms. The number of sulfone groups is 1. The first-order valence-corrected chi connectivity index (χ1v) is 14.1. The van der Waals surface area contributed by atoms with Gasteiger partial charge in [0, 0.05) is 36.6 Å². The van der Waals surface area contributed by atoms with E-state index in [4.69, 9.17) is 14.6 Å². The van der Waals surface area contributed by atoms with Crippen LogP contribution < -0.4 is 10.5 Å². The zero-order chi connectivity index (χ0) is 28.3. The van der Waals surface area contributed by atoms with Gasteiger partial charge in [0.15, 0.2) is 12.0 Å². The predicted molar refractivity (Wildman–Crippen MR) is 142 cm³/mol. The molecule has 3 heterocycles. The third-order valence-electron chi connectivity index (χ3n) is 6.27. The lowest BCUT2D eigenvalue weighted by molar-refractivity contribution is -0.428. The predicted octanol–water partition coefficient (Wildman–Crippen LogP) is 3.77. The Labute approximate surface area is 227 Å². The van der Waals surface area contributed by atoms with Crippen molar-refractivity contribution in [3.63, 3.8) is 0 Å². The van der Waals surface area contributed by atoms with E-state index in [9.17, 15) is 22.4 Å².